The number of hydrogen-bond donors (Lipinski definition) is 7. The first kappa shape index (κ1) is 26.1. The van der Waals surface area contributed by atoms with E-state index in [2.05, 4.69) is 0 Å². The molecule has 7 N–H and O–H groups in total. The normalized spacial score (nSPS) is 55.0. The number of methoxy groups -OCH3 is 1. The van der Waals surface area contributed by atoms with E-state index in [1.807, 2.05) is 0 Å². The van der Waals surface area contributed by atoms with Gasteiger partial charge in [0.05, 0.1) is 18.3 Å². The van der Waals surface area contributed by atoms with E-state index in [0.717, 1.165) is 0 Å². The van der Waals surface area contributed by atoms with Crippen LogP contribution in [0, 0.1) is 0 Å². The second kappa shape index (κ2) is 10.4. The quantitative estimate of drug-likeness (QED) is 0.206. The SMILES string of the molecule is CO[C@@H]1O[C@@H](C)[C@H](O[C@H]2O[C@@H](C)[C@@H](O)[C@@H](O)[C@@H]2O)[C@@H](O[C@@H]2O[C@@H](C)[C@H](O)[C@@H](O)[C@H]2O)[C@H]1O. The molecule has 0 bridgehead atoms. The van der Waals surface area contributed by atoms with E-state index in [9.17, 15) is 35.7 Å². The van der Waals surface area contributed by atoms with Gasteiger partial charge >= 0.3 is 0 Å². The van der Waals surface area contributed by atoms with Gasteiger partial charge in [0.25, 0.3) is 0 Å². The van der Waals surface area contributed by atoms with Crippen molar-refractivity contribution in [1.82, 2.24) is 0 Å². The van der Waals surface area contributed by atoms with E-state index in [4.69, 9.17) is 28.4 Å². The summed E-state index contributed by atoms with van der Waals surface area (Å²) < 4.78 is 33.3. The van der Waals surface area contributed by atoms with E-state index in [-0.39, 0.29) is 0 Å². The van der Waals surface area contributed by atoms with Crippen molar-refractivity contribution in [3.63, 3.8) is 0 Å². The van der Waals surface area contributed by atoms with Gasteiger partial charge < -0.3 is 64.2 Å². The molecule has 3 aliphatic rings. The Morgan fingerprint density at radius 3 is 1.31 bits per heavy atom. The number of hydrogen-bond acceptors (Lipinski definition) is 13. The van der Waals surface area contributed by atoms with Crippen molar-refractivity contribution >= 4 is 0 Å². The summed E-state index contributed by atoms with van der Waals surface area (Å²) in [6, 6.07) is 0. The van der Waals surface area contributed by atoms with E-state index in [0.29, 0.717) is 0 Å². The number of aliphatic hydroxyl groups is 7. The van der Waals surface area contributed by atoms with Gasteiger partial charge in [-0.1, -0.05) is 0 Å². The third-order valence-electron chi connectivity index (χ3n) is 6.18. The smallest absolute Gasteiger partial charge is 0.187 e. The van der Waals surface area contributed by atoms with Gasteiger partial charge in [0, 0.05) is 7.11 Å². The lowest BCUT2D eigenvalue weighted by Crippen LogP contribution is -2.65. The molecule has 0 radical (unpaired) electrons. The highest BCUT2D eigenvalue weighted by Gasteiger charge is 2.52. The van der Waals surface area contributed by atoms with Gasteiger partial charge in [0.1, 0.15) is 54.9 Å². The van der Waals surface area contributed by atoms with Crippen LogP contribution < -0.4 is 0 Å². The zero-order chi connectivity index (χ0) is 23.9. The maximum atomic E-state index is 10.8. The molecule has 0 aromatic rings. The first-order chi connectivity index (χ1) is 15.0. The van der Waals surface area contributed by atoms with Gasteiger partial charge in [-0.3, -0.25) is 0 Å². The van der Waals surface area contributed by atoms with Crippen LogP contribution in [0.2, 0.25) is 0 Å². The molecule has 3 fully saturated rings. The minimum absolute atomic E-state index is 0.794. The van der Waals surface area contributed by atoms with E-state index in [1.165, 1.54) is 21.0 Å². The summed E-state index contributed by atoms with van der Waals surface area (Å²) in [6.45, 7) is 4.55. The zero-order valence-electron chi connectivity index (χ0n) is 18.2. The van der Waals surface area contributed by atoms with E-state index >= 15 is 0 Å². The molecule has 0 aromatic carbocycles. The largest absolute Gasteiger partial charge is 0.388 e. The highest BCUT2D eigenvalue weighted by molar-refractivity contribution is 4.95. The maximum Gasteiger partial charge on any atom is 0.187 e. The summed E-state index contributed by atoms with van der Waals surface area (Å²) in [5, 5.41) is 71.3. The Bertz CT molecular complexity index is 610. The predicted molar refractivity (Wildman–Crippen MR) is 102 cm³/mol. The maximum absolute atomic E-state index is 10.8. The number of aliphatic hydroxyl groups excluding tert-OH is 7. The molecule has 0 aliphatic carbocycles. The summed E-state index contributed by atoms with van der Waals surface area (Å²) in [4.78, 5) is 0. The Hall–Kier alpha value is -0.520. The minimum Gasteiger partial charge on any atom is -0.388 e. The van der Waals surface area contributed by atoms with Gasteiger partial charge in [-0.15, -0.1) is 0 Å². The fraction of sp³-hybridized carbons (Fsp3) is 1.00. The molecule has 32 heavy (non-hydrogen) atoms. The second-order valence-corrected chi connectivity index (χ2v) is 8.50. The van der Waals surface area contributed by atoms with Crippen molar-refractivity contribution in [3.05, 3.63) is 0 Å². The summed E-state index contributed by atoms with van der Waals surface area (Å²) in [7, 11) is 1.31. The Morgan fingerprint density at radius 2 is 0.875 bits per heavy atom. The third kappa shape index (κ3) is 4.95. The Balaban J connectivity index is 1.81. The van der Waals surface area contributed by atoms with Crippen LogP contribution in [-0.2, 0) is 28.4 Å². The molecule has 0 amide bonds. The van der Waals surface area contributed by atoms with Crippen LogP contribution in [0.4, 0.5) is 0 Å². The van der Waals surface area contributed by atoms with Crippen LogP contribution in [0.1, 0.15) is 20.8 Å². The lowest BCUT2D eigenvalue weighted by Gasteiger charge is -2.48. The lowest BCUT2D eigenvalue weighted by atomic mass is 9.96. The fourth-order valence-corrected chi connectivity index (χ4v) is 4.09. The van der Waals surface area contributed by atoms with Crippen molar-refractivity contribution in [1.29, 1.82) is 0 Å². The molecule has 3 rings (SSSR count). The fourth-order valence-electron chi connectivity index (χ4n) is 4.09. The minimum atomic E-state index is -1.64. The number of rotatable bonds is 5. The van der Waals surface area contributed by atoms with E-state index < -0.39 is 92.1 Å². The molecule has 3 heterocycles. The highest BCUT2D eigenvalue weighted by atomic mass is 16.8. The van der Waals surface area contributed by atoms with Crippen LogP contribution in [-0.4, -0.2) is 135 Å². The molecule has 15 atom stereocenters. The van der Waals surface area contributed by atoms with Crippen LogP contribution in [0.25, 0.3) is 0 Å². The van der Waals surface area contributed by atoms with Gasteiger partial charge in [-0.25, -0.2) is 0 Å². The molecule has 0 saturated carbocycles. The molecule has 0 aromatic heterocycles. The van der Waals surface area contributed by atoms with Crippen LogP contribution in [0.5, 0.6) is 0 Å². The monoisotopic (exact) mass is 470 g/mol. The van der Waals surface area contributed by atoms with Gasteiger partial charge in [0.2, 0.25) is 0 Å². The van der Waals surface area contributed by atoms with Crippen molar-refractivity contribution in [2.45, 2.75) is 113 Å². The van der Waals surface area contributed by atoms with Crippen LogP contribution in [0.3, 0.4) is 0 Å². The summed E-state index contributed by atoms with van der Waals surface area (Å²) in [5.74, 6) is 0. The number of ether oxygens (including phenoxy) is 6. The lowest BCUT2D eigenvalue weighted by molar-refractivity contribution is -0.379. The molecule has 188 valence electrons. The van der Waals surface area contributed by atoms with Crippen molar-refractivity contribution in [2.24, 2.45) is 0 Å². The summed E-state index contributed by atoms with van der Waals surface area (Å²) in [5.41, 5.74) is 0. The van der Waals surface area contributed by atoms with Crippen molar-refractivity contribution in [2.75, 3.05) is 7.11 Å². The molecule has 3 saturated heterocycles. The van der Waals surface area contributed by atoms with Crippen LogP contribution >= 0.6 is 0 Å². The standard InChI is InChI=1S/C19H34O13/c1-5-8(20)10(22)12(24)18(28-5)31-15-7(3)30-17(27-4)14(26)16(15)32-19-13(25)11(23)9(21)6(2)29-19/h5-26H,1-4H3/t5-,6-,7-,8+,9-,10+,11+,12-,13+,14+,15-,16-,17+,18+,19-/m0/s1. The molecule has 13 nitrogen and oxygen atoms in total. The molecule has 0 spiro atoms. The average molecular weight is 470 g/mol. The molecular weight excluding hydrogens is 436 g/mol. The average Bonchev–Trinajstić information content (AvgIpc) is 2.76. The predicted octanol–water partition coefficient (Wildman–Crippen LogP) is -3.84. The van der Waals surface area contributed by atoms with Crippen molar-refractivity contribution in [3.8, 4) is 0 Å². The first-order valence-electron chi connectivity index (χ1n) is 10.5. The molecular formula is C19H34O13. The van der Waals surface area contributed by atoms with Gasteiger partial charge in [-0.2, -0.15) is 0 Å². The molecule has 13 heteroatoms. The Kier molecular flexibility index (Phi) is 8.48. The van der Waals surface area contributed by atoms with Crippen LogP contribution in [0.15, 0.2) is 0 Å². The van der Waals surface area contributed by atoms with E-state index in [1.54, 1.807) is 6.92 Å². The van der Waals surface area contributed by atoms with Crippen molar-refractivity contribution < 1.29 is 64.2 Å². The molecule has 0 unspecified atom stereocenters. The summed E-state index contributed by atoms with van der Waals surface area (Å²) >= 11 is 0. The van der Waals surface area contributed by atoms with Gasteiger partial charge in [-0.05, 0) is 20.8 Å². The van der Waals surface area contributed by atoms with Gasteiger partial charge in [0.15, 0.2) is 18.9 Å². The second-order valence-electron chi connectivity index (χ2n) is 8.50. The zero-order valence-corrected chi connectivity index (χ0v) is 18.2. The Morgan fingerprint density at radius 1 is 0.469 bits per heavy atom. The first-order valence-corrected chi connectivity index (χ1v) is 10.5. The summed E-state index contributed by atoms with van der Waals surface area (Å²) in [6.07, 6.45) is -19.4. The Labute approximate surface area is 185 Å². The topological polar surface area (TPSA) is 197 Å². The highest BCUT2D eigenvalue weighted by Crippen LogP contribution is 2.33. The third-order valence-corrected chi connectivity index (χ3v) is 6.18. The molecule has 3 aliphatic heterocycles.